The van der Waals surface area contributed by atoms with Crippen LogP contribution in [0.15, 0.2) is 10.5 Å². The van der Waals surface area contributed by atoms with Crippen molar-refractivity contribution in [3.63, 3.8) is 0 Å². The monoisotopic (exact) mass is 343 g/mol. The fourth-order valence-corrected chi connectivity index (χ4v) is 3.34. The van der Waals surface area contributed by atoms with E-state index < -0.39 is 6.09 Å². The zero-order valence-corrected chi connectivity index (χ0v) is 13.7. The molecule has 9 heteroatoms. The molecule has 1 amide bonds. The summed E-state index contributed by atoms with van der Waals surface area (Å²) in [5.74, 6) is 1.19. The maximum atomic E-state index is 11.0. The Labute approximate surface area is 140 Å². The maximum Gasteiger partial charge on any atom is 0.410 e. The molecule has 0 saturated carbocycles. The lowest BCUT2D eigenvalue weighted by molar-refractivity contribution is 0.212. The number of primary amides is 1. The van der Waals surface area contributed by atoms with Crippen LogP contribution in [-0.2, 0) is 0 Å². The number of thiophene rings is 1. The van der Waals surface area contributed by atoms with Crippen molar-refractivity contribution in [1.29, 1.82) is 5.26 Å². The van der Waals surface area contributed by atoms with Crippen molar-refractivity contribution in [2.45, 2.75) is 13.8 Å². The highest BCUT2D eigenvalue weighted by molar-refractivity contribution is 7.21. The van der Waals surface area contributed by atoms with Crippen LogP contribution < -0.4 is 21.9 Å². The predicted octanol–water partition coefficient (Wildman–Crippen LogP) is 2.67. The van der Waals surface area contributed by atoms with Crippen molar-refractivity contribution in [3.8, 4) is 22.5 Å². The Hall–Kier alpha value is -3.25. The number of nitrogens with zero attached hydrogens (tertiary/aromatic N) is 2. The van der Waals surface area contributed by atoms with Crippen LogP contribution >= 0.6 is 11.3 Å². The van der Waals surface area contributed by atoms with E-state index in [0.29, 0.717) is 27.3 Å². The van der Waals surface area contributed by atoms with E-state index in [1.165, 1.54) is 0 Å². The number of amides is 1. The second kappa shape index (κ2) is 5.43. The number of aromatic nitrogens is 1. The van der Waals surface area contributed by atoms with Gasteiger partial charge in [0.25, 0.3) is 0 Å². The molecule has 0 radical (unpaired) electrons. The van der Waals surface area contributed by atoms with Gasteiger partial charge in [-0.05, 0) is 25.5 Å². The van der Waals surface area contributed by atoms with Crippen LogP contribution in [-0.4, -0.2) is 11.1 Å². The fourth-order valence-electron chi connectivity index (χ4n) is 2.37. The summed E-state index contributed by atoms with van der Waals surface area (Å²) in [6.07, 6.45) is -0.993. The van der Waals surface area contributed by atoms with Gasteiger partial charge in [-0.2, -0.15) is 5.26 Å². The number of aryl methyl sites for hydroxylation is 2. The Balaban J connectivity index is 2.42. The summed E-state index contributed by atoms with van der Waals surface area (Å²) >= 11 is 1.02. The molecule has 0 unspecified atom stereocenters. The van der Waals surface area contributed by atoms with Crippen molar-refractivity contribution >= 4 is 39.2 Å². The molecular weight excluding hydrogens is 330 g/mol. The first kappa shape index (κ1) is 15.6. The van der Waals surface area contributed by atoms with Gasteiger partial charge in [0.2, 0.25) is 5.06 Å². The fraction of sp³-hybridized carbons (Fsp3) is 0.133. The number of nitrogens with two attached hydrogens (primary N) is 3. The summed E-state index contributed by atoms with van der Waals surface area (Å²) in [6.45, 7) is 3.69. The molecule has 0 atom stereocenters. The van der Waals surface area contributed by atoms with E-state index in [1.54, 1.807) is 6.07 Å². The predicted molar refractivity (Wildman–Crippen MR) is 90.5 cm³/mol. The second-order valence-corrected chi connectivity index (χ2v) is 6.07. The van der Waals surface area contributed by atoms with Gasteiger partial charge in [-0.1, -0.05) is 11.3 Å². The molecule has 8 nitrogen and oxygen atoms in total. The first-order valence-corrected chi connectivity index (χ1v) is 7.61. The molecule has 3 rings (SSSR count). The number of fused-ring (bicyclic) bond motifs is 1. The highest BCUT2D eigenvalue weighted by atomic mass is 32.1. The third-order valence-electron chi connectivity index (χ3n) is 3.59. The van der Waals surface area contributed by atoms with E-state index in [4.69, 9.17) is 26.4 Å². The standard InChI is InChI=1S/C15H13N5O3S/c1-5-3-8(22-6(5)2)9-7(4-16)12(18)20-13-10(9)11(17)14(24-13)23-15(19)21/h3H,17H2,1-2H3,(H2,18,20)(H2,19,21). The van der Waals surface area contributed by atoms with E-state index in [1.807, 2.05) is 19.9 Å². The third kappa shape index (κ3) is 2.29. The minimum atomic E-state index is -0.993. The summed E-state index contributed by atoms with van der Waals surface area (Å²) in [4.78, 5) is 15.6. The Morgan fingerprint density at radius 1 is 1.42 bits per heavy atom. The molecule has 6 N–H and O–H groups in total. The first-order valence-electron chi connectivity index (χ1n) is 6.79. The van der Waals surface area contributed by atoms with E-state index >= 15 is 0 Å². The van der Waals surface area contributed by atoms with Gasteiger partial charge in [-0.3, -0.25) is 0 Å². The second-order valence-electron chi connectivity index (χ2n) is 5.11. The van der Waals surface area contributed by atoms with Crippen molar-refractivity contribution < 1.29 is 13.9 Å². The molecule has 0 aliphatic carbocycles. The van der Waals surface area contributed by atoms with E-state index in [-0.39, 0.29) is 22.1 Å². The number of ether oxygens (including phenoxy) is 1. The number of anilines is 2. The summed E-state index contributed by atoms with van der Waals surface area (Å²) in [7, 11) is 0. The molecule has 3 aromatic rings. The lowest BCUT2D eigenvalue weighted by Gasteiger charge is -2.06. The highest BCUT2D eigenvalue weighted by Crippen LogP contribution is 2.46. The third-order valence-corrected chi connectivity index (χ3v) is 4.57. The Kier molecular flexibility index (Phi) is 3.54. The first-order chi connectivity index (χ1) is 11.3. The van der Waals surface area contributed by atoms with Gasteiger partial charge < -0.3 is 26.4 Å². The van der Waals surface area contributed by atoms with Gasteiger partial charge in [0.05, 0.1) is 16.6 Å². The van der Waals surface area contributed by atoms with Crippen molar-refractivity contribution in [1.82, 2.24) is 4.98 Å². The van der Waals surface area contributed by atoms with E-state index in [9.17, 15) is 10.1 Å². The minimum absolute atomic E-state index is 0.0404. The van der Waals surface area contributed by atoms with Gasteiger partial charge >= 0.3 is 6.09 Å². The molecule has 0 saturated heterocycles. The number of rotatable bonds is 2. The smallest absolute Gasteiger partial charge is 0.410 e. The minimum Gasteiger partial charge on any atom is -0.461 e. The van der Waals surface area contributed by atoms with E-state index in [0.717, 1.165) is 16.9 Å². The number of hydrogen-bond acceptors (Lipinski definition) is 8. The number of carbonyl (C=O) groups is 1. The van der Waals surface area contributed by atoms with Gasteiger partial charge in [-0.25, -0.2) is 9.78 Å². The van der Waals surface area contributed by atoms with Crippen LogP contribution in [0.4, 0.5) is 16.3 Å². The number of furan rings is 1. The molecule has 0 fully saturated rings. The molecule has 0 aromatic carbocycles. The van der Waals surface area contributed by atoms with Crippen LogP contribution in [0, 0.1) is 25.2 Å². The summed E-state index contributed by atoms with van der Waals surface area (Å²) < 4.78 is 10.6. The van der Waals surface area contributed by atoms with Crippen molar-refractivity contribution in [2.75, 3.05) is 11.5 Å². The Morgan fingerprint density at radius 2 is 2.12 bits per heavy atom. The van der Waals surface area contributed by atoms with Crippen LogP contribution in [0.2, 0.25) is 0 Å². The zero-order valence-electron chi connectivity index (χ0n) is 12.8. The summed E-state index contributed by atoms with van der Waals surface area (Å²) in [5, 5.41) is 10.0. The summed E-state index contributed by atoms with van der Waals surface area (Å²) in [5.41, 5.74) is 18.7. The van der Waals surface area contributed by atoms with Gasteiger partial charge in [0.1, 0.15) is 33.8 Å². The molecule has 0 bridgehead atoms. The lowest BCUT2D eigenvalue weighted by Crippen LogP contribution is -2.16. The quantitative estimate of drug-likeness (QED) is 0.646. The Morgan fingerprint density at radius 3 is 2.67 bits per heavy atom. The average molecular weight is 343 g/mol. The molecule has 0 aliphatic heterocycles. The highest BCUT2D eigenvalue weighted by Gasteiger charge is 2.25. The molecule has 122 valence electrons. The number of nitriles is 1. The molecule has 3 aromatic heterocycles. The van der Waals surface area contributed by atoms with Gasteiger partial charge in [0, 0.05) is 0 Å². The Bertz CT molecular complexity index is 1010. The average Bonchev–Trinajstić information content (AvgIpc) is 2.98. The number of pyridine rings is 1. The number of nitrogen functional groups attached to an aromatic ring is 2. The van der Waals surface area contributed by atoms with Crippen molar-refractivity contribution in [3.05, 3.63) is 23.0 Å². The zero-order chi connectivity index (χ0) is 17.6. The van der Waals surface area contributed by atoms with Crippen LogP contribution in [0.5, 0.6) is 5.06 Å². The SMILES string of the molecule is Cc1cc(-c2c(C#N)c(N)nc3sc(OC(N)=O)c(N)c23)oc1C. The largest absolute Gasteiger partial charge is 0.461 e. The number of carbonyl (C=O) groups excluding carboxylic acids is 1. The van der Waals surface area contributed by atoms with Crippen molar-refractivity contribution in [2.24, 2.45) is 5.73 Å². The van der Waals surface area contributed by atoms with Crippen LogP contribution in [0.25, 0.3) is 21.5 Å². The normalized spacial score (nSPS) is 10.7. The molecule has 24 heavy (non-hydrogen) atoms. The summed E-state index contributed by atoms with van der Waals surface area (Å²) in [6, 6.07) is 3.82. The molecule has 0 spiro atoms. The van der Waals surface area contributed by atoms with Gasteiger partial charge in [0.15, 0.2) is 0 Å². The molecule has 3 heterocycles. The van der Waals surface area contributed by atoms with Crippen LogP contribution in [0.3, 0.4) is 0 Å². The lowest BCUT2D eigenvalue weighted by atomic mass is 10.0. The molecule has 0 aliphatic rings. The topological polar surface area (TPSA) is 154 Å². The van der Waals surface area contributed by atoms with Crippen LogP contribution in [0.1, 0.15) is 16.9 Å². The maximum absolute atomic E-state index is 11.0. The number of hydrogen-bond donors (Lipinski definition) is 3. The molecular formula is C15H13N5O3S. The van der Waals surface area contributed by atoms with Gasteiger partial charge in [-0.15, -0.1) is 0 Å². The van der Waals surface area contributed by atoms with E-state index in [2.05, 4.69) is 4.98 Å².